The molecule has 4 rings (SSSR count). The van der Waals surface area contributed by atoms with Crippen LogP contribution in [-0.4, -0.2) is 144 Å². The van der Waals surface area contributed by atoms with Gasteiger partial charge in [0.1, 0.15) is 23.4 Å². The number of cyclic esters (lactones) is 1. The Kier molecular flexibility index (Phi) is 19.2. The predicted molar refractivity (Wildman–Crippen MR) is 242 cm³/mol. The molecule has 1 unspecified atom stereocenters. The van der Waals surface area contributed by atoms with E-state index in [-0.39, 0.29) is 38.0 Å². The van der Waals surface area contributed by atoms with Gasteiger partial charge >= 0.3 is 17.9 Å². The summed E-state index contributed by atoms with van der Waals surface area (Å²) in [6.07, 6.45) is 0.0153. The lowest BCUT2D eigenvalue weighted by molar-refractivity contribution is -0.321. The van der Waals surface area contributed by atoms with E-state index in [0.717, 1.165) is 5.57 Å². The summed E-state index contributed by atoms with van der Waals surface area (Å²) < 4.78 is 52.3. The number of nitrogens with zero attached hydrogens (tertiary/aromatic N) is 2. The van der Waals surface area contributed by atoms with Crippen LogP contribution in [0, 0.1) is 41.9 Å². The van der Waals surface area contributed by atoms with Gasteiger partial charge in [-0.05, 0) is 86.6 Å². The van der Waals surface area contributed by atoms with Crippen LogP contribution in [0.3, 0.4) is 0 Å². The molecular formula is C49H80N2O14. The zero-order valence-electron chi connectivity index (χ0n) is 41.5. The van der Waals surface area contributed by atoms with E-state index in [9.17, 15) is 24.6 Å². The number of methoxy groups -OCH3 is 1. The maximum absolute atomic E-state index is 14.8. The summed E-state index contributed by atoms with van der Waals surface area (Å²) in [5.74, 6) is -2.31. The summed E-state index contributed by atoms with van der Waals surface area (Å²) >= 11 is 0. The highest BCUT2D eigenvalue weighted by Gasteiger charge is 2.55. The number of rotatable bonds is 11. The van der Waals surface area contributed by atoms with Gasteiger partial charge in [0.15, 0.2) is 18.7 Å². The van der Waals surface area contributed by atoms with Crippen LogP contribution in [0.15, 0.2) is 17.3 Å². The van der Waals surface area contributed by atoms with Gasteiger partial charge in [0.25, 0.3) is 0 Å². The van der Waals surface area contributed by atoms with E-state index in [2.05, 4.69) is 17.7 Å². The Morgan fingerprint density at radius 2 is 1.69 bits per heavy atom. The minimum Gasteiger partial charge on any atom is -0.459 e. The third-order valence-corrected chi connectivity index (χ3v) is 14.6. The van der Waals surface area contributed by atoms with E-state index in [1.807, 2.05) is 60.4 Å². The Bertz CT molecular complexity index is 1720. The molecule has 0 spiro atoms. The standard InChI is InChI=1S/C49H80N2O14/c1-17-19-22-51(15)37-23-29(5)59-46(41(37)54)64-43-31(7)42(63-39-25-47(12,57-16)44(33(9)60-39)61-34(10)52)32(8)45(55)62-38(18-2)49(14,56)36-21-20-27(3)26-58-48(43,13)24-28(4)40(30(36)6)50-65-35(11)53/h1,28-33,36-39,41-44,46,54,56H,3,18-26H2,2,4-16H3/b50-40+/t28-,29-,30-,31+,32-,33+,36-,37+,38-,39?,41-,42+,43-,44+,46+,47-,48-,49+/m1/s1. The number of carbonyl (C=O) groups excluding carboxylic acids is 3. The van der Waals surface area contributed by atoms with Crippen molar-refractivity contribution in [1.82, 2.24) is 4.90 Å². The van der Waals surface area contributed by atoms with Gasteiger partial charge in [-0.1, -0.05) is 45.0 Å². The highest BCUT2D eigenvalue weighted by atomic mass is 16.7. The molecule has 4 saturated heterocycles. The average Bonchev–Trinajstić information content (AvgIpc) is 3.24. The number of terminal acetylenes is 1. The fourth-order valence-electron chi connectivity index (χ4n) is 10.9. The zero-order chi connectivity index (χ0) is 48.8. The fourth-order valence-corrected chi connectivity index (χ4v) is 10.9. The number of carbonyl (C=O) groups is 3. The van der Waals surface area contributed by atoms with Crippen LogP contribution < -0.4 is 0 Å². The highest BCUT2D eigenvalue weighted by Crippen LogP contribution is 2.45. The van der Waals surface area contributed by atoms with Crippen molar-refractivity contribution in [3.8, 4) is 12.3 Å². The molecule has 4 heterocycles. The minimum atomic E-state index is -1.60. The molecule has 18 atom stereocenters. The molecule has 0 aromatic carbocycles. The van der Waals surface area contributed by atoms with Gasteiger partial charge in [0, 0.05) is 64.1 Å². The van der Waals surface area contributed by atoms with Crippen LogP contribution in [0.1, 0.15) is 128 Å². The number of oxime groups is 1. The Labute approximate surface area is 387 Å². The maximum atomic E-state index is 14.8. The number of likely N-dealkylation sites (N-methyl/N-ethyl adjacent to an activating group) is 1. The molecule has 0 aliphatic carbocycles. The molecule has 4 aliphatic heterocycles. The Hall–Kier alpha value is -2.98. The molecule has 4 aliphatic rings. The lowest BCUT2D eigenvalue weighted by Crippen LogP contribution is -2.61. The van der Waals surface area contributed by atoms with Crippen molar-refractivity contribution < 1.29 is 67.3 Å². The van der Waals surface area contributed by atoms with Crippen molar-refractivity contribution >= 4 is 23.6 Å². The summed E-state index contributed by atoms with van der Waals surface area (Å²) in [4.78, 5) is 46.8. The molecule has 0 aromatic rings. The molecule has 16 nitrogen and oxygen atoms in total. The Morgan fingerprint density at radius 1 is 1.02 bits per heavy atom. The first-order valence-electron chi connectivity index (χ1n) is 23.5. The SMILES string of the molecule is C#CCCN(C)[C@H]1C[C@@H](C)O[C@@H](O[C@@H]2[C@@H](C)[C@H](OC3C[C@@](C)(OC)[C@@H](OC(C)=O)[C@H](C)O3)[C@@H](C)C(=O)O[C@H](CC)[C@@](C)(O)[C@@H]3CCC(=C)CO[C@]2(C)C[C@@H](C)/C(=N\OC(C)=O)[C@@H]3C)[C@@H]1O. The van der Waals surface area contributed by atoms with Gasteiger partial charge in [0.2, 0.25) is 0 Å². The van der Waals surface area contributed by atoms with Crippen molar-refractivity contribution in [3.63, 3.8) is 0 Å². The minimum absolute atomic E-state index is 0.109. The van der Waals surface area contributed by atoms with Gasteiger partial charge in [-0.3, -0.25) is 14.5 Å². The summed E-state index contributed by atoms with van der Waals surface area (Å²) in [7, 11) is 3.44. The molecular weight excluding hydrogens is 841 g/mol. The molecule has 65 heavy (non-hydrogen) atoms. The first-order chi connectivity index (χ1) is 30.3. The summed E-state index contributed by atoms with van der Waals surface area (Å²) in [5, 5.41) is 29.3. The number of esters is 2. The van der Waals surface area contributed by atoms with Gasteiger partial charge < -0.3 is 52.9 Å². The zero-order valence-corrected chi connectivity index (χ0v) is 41.5. The first kappa shape index (κ1) is 54.6. The third-order valence-electron chi connectivity index (χ3n) is 14.6. The van der Waals surface area contributed by atoms with Crippen LogP contribution >= 0.6 is 0 Å². The lowest BCUT2D eigenvalue weighted by atomic mass is 9.68. The van der Waals surface area contributed by atoms with Gasteiger partial charge in [-0.15, -0.1) is 12.3 Å². The molecule has 0 radical (unpaired) electrons. The third kappa shape index (κ3) is 13.0. The van der Waals surface area contributed by atoms with Crippen molar-refractivity contribution in [2.75, 3.05) is 27.3 Å². The number of fused-ring (bicyclic) bond motifs is 5. The van der Waals surface area contributed by atoms with E-state index in [1.165, 1.54) is 21.0 Å². The molecule has 16 heteroatoms. The summed E-state index contributed by atoms with van der Waals surface area (Å²) in [5.41, 5.74) is -2.67. The quantitative estimate of drug-likeness (QED) is 0.0840. The smallest absolute Gasteiger partial charge is 0.331 e. The van der Waals surface area contributed by atoms with Gasteiger partial charge in [0.05, 0.1) is 48.3 Å². The number of aliphatic hydroxyl groups is 2. The van der Waals surface area contributed by atoms with Crippen LogP contribution in [0.4, 0.5) is 0 Å². The average molecular weight is 921 g/mol. The Balaban J connectivity index is 1.99. The van der Waals surface area contributed by atoms with Crippen molar-refractivity contribution in [3.05, 3.63) is 12.2 Å². The van der Waals surface area contributed by atoms with E-state index >= 15 is 0 Å². The van der Waals surface area contributed by atoms with E-state index in [4.69, 9.17) is 49.2 Å². The molecule has 2 bridgehead atoms. The normalized spacial score (nSPS) is 43.1. The van der Waals surface area contributed by atoms with Gasteiger partial charge in [-0.25, -0.2) is 4.79 Å². The topological polar surface area (TPSA) is 190 Å². The molecule has 0 amide bonds. The molecule has 2 N–H and O–H groups in total. The van der Waals surface area contributed by atoms with Gasteiger partial charge in [-0.2, -0.15) is 0 Å². The first-order valence-corrected chi connectivity index (χ1v) is 23.5. The van der Waals surface area contributed by atoms with Crippen LogP contribution in [0.25, 0.3) is 0 Å². The highest BCUT2D eigenvalue weighted by molar-refractivity contribution is 5.89. The van der Waals surface area contributed by atoms with Crippen LogP contribution in [0.5, 0.6) is 0 Å². The monoisotopic (exact) mass is 921 g/mol. The van der Waals surface area contributed by atoms with E-state index in [1.54, 1.807) is 20.8 Å². The lowest BCUT2D eigenvalue weighted by Gasteiger charge is -2.50. The molecule has 4 fully saturated rings. The number of ether oxygens (including phenoxy) is 8. The maximum Gasteiger partial charge on any atom is 0.331 e. The number of aliphatic hydroxyl groups excluding tert-OH is 1. The fraction of sp³-hybridized carbons (Fsp3) is 0.837. The molecule has 0 saturated carbocycles. The molecule has 0 aromatic heterocycles. The summed E-state index contributed by atoms with van der Waals surface area (Å²) in [6, 6.07) is -0.375. The Morgan fingerprint density at radius 3 is 2.29 bits per heavy atom. The second-order valence-corrected chi connectivity index (χ2v) is 19.9. The summed E-state index contributed by atoms with van der Waals surface area (Å²) in [6.45, 7) is 26.1. The largest absolute Gasteiger partial charge is 0.459 e. The number of hydrogen-bond acceptors (Lipinski definition) is 16. The van der Waals surface area contributed by atoms with Crippen molar-refractivity contribution in [2.24, 2.45) is 34.7 Å². The van der Waals surface area contributed by atoms with E-state index < -0.39 is 114 Å². The molecule has 370 valence electrons. The second-order valence-electron chi connectivity index (χ2n) is 19.9. The second kappa shape index (κ2) is 22.9. The van der Waals surface area contributed by atoms with Crippen molar-refractivity contribution in [2.45, 2.75) is 206 Å². The van der Waals surface area contributed by atoms with Crippen molar-refractivity contribution in [1.29, 1.82) is 0 Å². The number of hydrogen-bond donors (Lipinski definition) is 2. The van der Waals surface area contributed by atoms with E-state index in [0.29, 0.717) is 37.9 Å². The predicted octanol–water partition coefficient (Wildman–Crippen LogP) is 5.73. The van der Waals surface area contributed by atoms with Crippen LogP contribution in [0.2, 0.25) is 0 Å². The van der Waals surface area contributed by atoms with Crippen LogP contribution in [-0.2, 0) is 57.1 Å².